The number of anilines is 1. The molecule has 0 radical (unpaired) electrons. The Hall–Kier alpha value is -5.29. The number of rotatable bonds is 0. The summed E-state index contributed by atoms with van der Waals surface area (Å²) in [6.45, 7) is 0. The summed E-state index contributed by atoms with van der Waals surface area (Å²) < 4.78 is 62.5. The fourth-order valence-corrected chi connectivity index (χ4v) is 5.94. The molecule has 5 heterocycles. The number of halogens is 4. The van der Waals surface area contributed by atoms with E-state index in [2.05, 4.69) is 25.3 Å². The first-order valence-corrected chi connectivity index (χ1v) is 13.6. The van der Waals surface area contributed by atoms with Gasteiger partial charge in [-0.1, -0.05) is 53.0 Å². The van der Waals surface area contributed by atoms with Gasteiger partial charge in [0.15, 0.2) is 29.2 Å². The van der Waals surface area contributed by atoms with E-state index < -0.39 is 17.6 Å². The largest absolute Gasteiger partial charge is 0.323 e. The number of nitrogens with one attached hydrogen (secondary N) is 2. The van der Waals surface area contributed by atoms with Crippen LogP contribution in [0.3, 0.4) is 0 Å². The van der Waals surface area contributed by atoms with Gasteiger partial charge < -0.3 is 10.3 Å². The number of H-pyrrole nitrogens is 1. The number of amidine groups is 5. The summed E-state index contributed by atoms with van der Waals surface area (Å²) in [5.74, 6) is -3.59. The molecule has 4 aromatic carbocycles. The molecule has 0 fully saturated rings. The van der Waals surface area contributed by atoms with Crippen molar-refractivity contribution in [2.75, 3.05) is 5.12 Å². The van der Waals surface area contributed by atoms with Gasteiger partial charge in [0.05, 0.1) is 0 Å². The molecule has 0 saturated heterocycles. The quantitative estimate of drug-likeness (QED) is 0.0886. The van der Waals surface area contributed by atoms with Crippen molar-refractivity contribution >= 4 is 51.6 Å². The van der Waals surface area contributed by atoms with Gasteiger partial charge in [0.25, 0.3) is 0 Å². The van der Waals surface area contributed by atoms with Crippen molar-refractivity contribution in [3.63, 3.8) is 0 Å². The van der Waals surface area contributed by atoms with Gasteiger partial charge in [-0.15, -0.1) is 5.12 Å². The van der Waals surface area contributed by atoms with E-state index in [1.54, 1.807) is 36.4 Å². The molecule has 1 unspecified atom stereocenters. The third-order valence-corrected chi connectivity index (χ3v) is 7.93. The van der Waals surface area contributed by atoms with Gasteiger partial charge in [0.1, 0.15) is 23.3 Å². The van der Waals surface area contributed by atoms with Gasteiger partial charge in [0, 0.05) is 63.6 Å². The maximum atomic E-state index is 17.0. The van der Waals surface area contributed by atoms with Crippen LogP contribution in [-0.4, -0.2) is 34.2 Å². The Morgan fingerprint density at radius 1 is 0.644 bits per heavy atom. The number of hydrogen-bond acceptors (Lipinski definition) is 7. The number of aromatic nitrogens is 1. The minimum atomic E-state index is -2.58. The van der Waals surface area contributed by atoms with Crippen molar-refractivity contribution in [3.05, 3.63) is 130 Å². The van der Waals surface area contributed by atoms with E-state index in [1.807, 2.05) is 12.1 Å². The zero-order chi connectivity index (χ0) is 29.7. The minimum Gasteiger partial charge on any atom is -0.323 e. The minimum absolute atomic E-state index is 0. The van der Waals surface area contributed by atoms with Crippen LogP contribution >= 0.6 is 0 Å². The van der Waals surface area contributed by atoms with Crippen molar-refractivity contribution in [1.29, 1.82) is 0 Å². The summed E-state index contributed by atoms with van der Waals surface area (Å²) in [5.41, 5.74) is 2.11. The Labute approximate surface area is 264 Å². The first-order valence-electron chi connectivity index (χ1n) is 13.6. The molecule has 0 aliphatic carbocycles. The summed E-state index contributed by atoms with van der Waals surface area (Å²) in [6.07, 6.45) is 0. The van der Waals surface area contributed by atoms with Crippen LogP contribution in [0.1, 0.15) is 33.4 Å². The number of fused-ring (bicyclic) bond motifs is 18. The SMILES string of the molecule is Fc1ccc2c(c1)C1=NC3(F)NC(=NC4=NC(=Nc5[nH]c(c6ccc(F)cc56)N(F)C2=N1)c1ccccc14)c1ccccc13.[Zn]. The van der Waals surface area contributed by atoms with E-state index in [4.69, 9.17) is 9.98 Å². The van der Waals surface area contributed by atoms with Gasteiger partial charge in [-0.25, -0.2) is 33.7 Å². The van der Waals surface area contributed by atoms with Gasteiger partial charge in [-0.2, -0.15) is 4.39 Å². The molecule has 9 rings (SSSR count). The number of nitrogens with zero attached hydrogens (tertiary/aromatic N) is 6. The fourth-order valence-electron chi connectivity index (χ4n) is 5.94. The second kappa shape index (κ2) is 9.61. The maximum absolute atomic E-state index is 17.0. The maximum Gasteiger partial charge on any atom is 0.305 e. The third-order valence-electron chi connectivity index (χ3n) is 7.93. The van der Waals surface area contributed by atoms with Crippen LogP contribution in [0, 0.1) is 11.6 Å². The molecular weight excluding hydrogens is 638 g/mol. The van der Waals surface area contributed by atoms with Crippen LogP contribution in [0.5, 0.6) is 0 Å². The predicted molar refractivity (Wildman–Crippen MR) is 159 cm³/mol. The molecule has 214 valence electrons. The third kappa shape index (κ3) is 3.97. The molecule has 0 saturated carbocycles. The van der Waals surface area contributed by atoms with E-state index in [1.165, 1.54) is 24.3 Å². The number of aromatic amines is 1. The molecule has 4 aliphatic heterocycles. The Morgan fingerprint density at radius 3 is 2.13 bits per heavy atom. The van der Waals surface area contributed by atoms with Crippen LogP contribution in [0.15, 0.2) is 110 Å². The average Bonchev–Trinajstić information content (AvgIpc) is 3.74. The van der Waals surface area contributed by atoms with Crippen molar-refractivity contribution < 1.29 is 37.1 Å². The van der Waals surface area contributed by atoms with E-state index >= 15 is 8.87 Å². The van der Waals surface area contributed by atoms with E-state index in [0.717, 1.165) is 12.1 Å². The van der Waals surface area contributed by atoms with Gasteiger partial charge in [0.2, 0.25) is 0 Å². The summed E-state index contributed by atoms with van der Waals surface area (Å²) in [6, 6.07) is 21.3. The average molecular weight is 654 g/mol. The van der Waals surface area contributed by atoms with Crippen molar-refractivity contribution in [1.82, 2.24) is 10.3 Å². The Bertz CT molecular complexity index is 2290. The standard InChI is InChI=1S/C32H16F4N8.Zn/c33-15-9-11-19-22(13-15)27-38-25-17-5-1-2-6-18(17)26(37-25)39-28-21-7-3-4-8-24(21)32(35,42-28)43-29-23-14-16(34)10-12-20(23)31(41-29)44(36)30(19)40-27;/h1-14,40H,(H,37,38,39,42);. The molecule has 45 heavy (non-hydrogen) atoms. The Balaban J connectivity index is 0.00000300. The molecule has 8 bridgehead atoms. The molecule has 4 aliphatic rings. The number of alkyl halides is 1. The van der Waals surface area contributed by atoms with Crippen molar-refractivity contribution in [3.8, 4) is 0 Å². The van der Waals surface area contributed by atoms with E-state index in [-0.39, 0.29) is 87.5 Å². The van der Waals surface area contributed by atoms with E-state index in [9.17, 15) is 8.78 Å². The molecule has 1 atom stereocenters. The molecule has 0 spiro atoms. The number of aliphatic imine (C=N–C) groups is 5. The summed E-state index contributed by atoms with van der Waals surface area (Å²) in [4.78, 5) is 25.7. The molecule has 13 heteroatoms. The van der Waals surface area contributed by atoms with Crippen LogP contribution in [-0.2, 0) is 25.4 Å². The number of benzene rings is 4. The predicted octanol–water partition coefficient (Wildman–Crippen LogP) is 6.32. The van der Waals surface area contributed by atoms with Gasteiger partial charge >= 0.3 is 5.92 Å². The normalized spacial score (nSPS) is 18.9. The van der Waals surface area contributed by atoms with Gasteiger partial charge in [-0.05, 0) is 36.4 Å². The topological polar surface area (TPSA) is 92.9 Å². The van der Waals surface area contributed by atoms with Crippen LogP contribution < -0.4 is 10.4 Å². The van der Waals surface area contributed by atoms with Crippen molar-refractivity contribution in [2.24, 2.45) is 25.0 Å². The smallest absolute Gasteiger partial charge is 0.305 e. The monoisotopic (exact) mass is 652 g/mol. The Kier molecular flexibility index (Phi) is 5.82. The zero-order valence-corrected chi connectivity index (χ0v) is 26.0. The summed E-state index contributed by atoms with van der Waals surface area (Å²) >= 11 is 0. The summed E-state index contributed by atoms with van der Waals surface area (Å²) in [7, 11) is 0. The molecule has 0 amide bonds. The first kappa shape index (κ1) is 27.3. The fraction of sp³-hybridized carbons (Fsp3) is 0.0312. The van der Waals surface area contributed by atoms with Gasteiger partial charge in [-0.3, -0.25) is 0 Å². The second-order valence-corrected chi connectivity index (χ2v) is 10.5. The van der Waals surface area contributed by atoms with Crippen LogP contribution in [0.2, 0.25) is 0 Å². The zero-order valence-electron chi connectivity index (χ0n) is 23.0. The van der Waals surface area contributed by atoms with Crippen LogP contribution in [0.4, 0.5) is 29.3 Å². The van der Waals surface area contributed by atoms with E-state index in [0.29, 0.717) is 22.1 Å². The molecule has 2 N–H and O–H groups in total. The Morgan fingerprint density at radius 2 is 1.33 bits per heavy atom. The molecule has 8 nitrogen and oxygen atoms in total. The first-order chi connectivity index (χ1) is 21.4. The van der Waals surface area contributed by atoms with Crippen LogP contribution in [0.25, 0.3) is 10.8 Å². The molecule has 1 aromatic heterocycles. The molecular formula is C32H16F4N8Zn. The second-order valence-electron chi connectivity index (χ2n) is 10.5. The summed E-state index contributed by atoms with van der Waals surface area (Å²) in [5, 5.41) is 3.59. The molecule has 5 aromatic rings. The van der Waals surface area contributed by atoms with Crippen molar-refractivity contribution in [2.45, 2.75) is 5.92 Å². The number of hydrogen-bond donors (Lipinski definition) is 2.